The fourth-order valence-corrected chi connectivity index (χ4v) is 3.22. The van der Waals surface area contributed by atoms with Gasteiger partial charge in [-0.25, -0.2) is 4.98 Å². The maximum Gasteiger partial charge on any atom is 0.169 e. The van der Waals surface area contributed by atoms with Gasteiger partial charge in [0.15, 0.2) is 5.78 Å². The van der Waals surface area contributed by atoms with Gasteiger partial charge in [-0.15, -0.1) is 0 Å². The molecule has 2 aliphatic carbocycles. The number of rotatable bonds is 5. The molecule has 2 saturated carbocycles. The lowest BCUT2D eigenvalue weighted by molar-refractivity contribution is 0.0968. The average Bonchev–Trinajstić information content (AvgIpc) is 3.32. The first-order valence-electron chi connectivity index (χ1n) is 7.81. The van der Waals surface area contributed by atoms with Crippen molar-refractivity contribution in [3.63, 3.8) is 0 Å². The third-order valence-electron chi connectivity index (χ3n) is 4.58. The lowest BCUT2D eigenvalue weighted by Gasteiger charge is -2.30. The summed E-state index contributed by atoms with van der Waals surface area (Å²) in [5, 5.41) is 7.30. The molecule has 1 aromatic rings. The number of anilines is 1. The van der Waals surface area contributed by atoms with Gasteiger partial charge in [-0.3, -0.25) is 4.79 Å². The first-order chi connectivity index (χ1) is 10.2. The molecule has 0 bridgehead atoms. The van der Waals surface area contributed by atoms with Gasteiger partial charge in [0.2, 0.25) is 0 Å². The topological polar surface area (TPSA) is 54.0 Å². The number of hydrogen-bond donors (Lipinski definition) is 2. The summed E-state index contributed by atoms with van der Waals surface area (Å²) in [6, 6.07) is 2.83. The fourth-order valence-electron chi connectivity index (χ4n) is 3.06. The zero-order valence-corrected chi connectivity index (χ0v) is 13.1. The summed E-state index contributed by atoms with van der Waals surface area (Å²) >= 11 is 6.01. The van der Waals surface area contributed by atoms with Crippen LogP contribution in [-0.4, -0.2) is 29.9 Å². The highest BCUT2D eigenvalue weighted by Crippen LogP contribution is 2.35. The Kier molecular flexibility index (Phi) is 4.45. The van der Waals surface area contributed by atoms with E-state index in [4.69, 9.17) is 11.6 Å². The minimum atomic E-state index is 0.202. The van der Waals surface area contributed by atoms with Crippen molar-refractivity contribution in [3.8, 4) is 0 Å². The molecule has 0 spiro atoms. The molecule has 0 amide bonds. The molecule has 2 aliphatic rings. The first-order valence-corrected chi connectivity index (χ1v) is 8.18. The number of Topliss-reactive ketones (excluding diaryl/α,β-unsaturated/α-hetero) is 1. The van der Waals surface area contributed by atoms with Gasteiger partial charge in [0.05, 0.1) is 5.56 Å². The summed E-state index contributed by atoms with van der Waals surface area (Å²) < 4.78 is 0. The standard InChI is InChI=1S/C16H22ClN3O/c1-18-11-4-6-12(7-5-11)20-14-8-15(17)19-9-13(14)16(21)10-2-3-10/h8-12,18H,2-7H2,1H3,(H,19,20). The van der Waals surface area contributed by atoms with Gasteiger partial charge in [0.1, 0.15) is 5.15 Å². The largest absolute Gasteiger partial charge is 0.382 e. The number of aromatic nitrogens is 1. The van der Waals surface area contributed by atoms with E-state index in [1.165, 1.54) is 12.8 Å². The van der Waals surface area contributed by atoms with Gasteiger partial charge in [0.25, 0.3) is 0 Å². The van der Waals surface area contributed by atoms with E-state index in [0.29, 0.717) is 22.8 Å². The molecular weight excluding hydrogens is 286 g/mol. The Balaban J connectivity index is 1.72. The Labute approximate surface area is 130 Å². The summed E-state index contributed by atoms with van der Waals surface area (Å²) in [6.45, 7) is 0. The molecule has 2 fully saturated rings. The molecule has 114 valence electrons. The van der Waals surface area contributed by atoms with Crippen molar-refractivity contribution < 1.29 is 4.79 Å². The van der Waals surface area contributed by atoms with Crippen LogP contribution in [-0.2, 0) is 0 Å². The van der Waals surface area contributed by atoms with Crippen molar-refractivity contribution in [2.24, 2.45) is 5.92 Å². The molecule has 2 N–H and O–H groups in total. The smallest absolute Gasteiger partial charge is 0.169 e. The highest BCUT2D eigenvalue weighted by atomic mass is 35.5. The van der Waals surface area contributed by atoms with E-state index in [0.717, 1.165) is 31.4 Å². The molecule has 3 rings (SSSR count). The van der Waals surface area contributed by atoms with Crippen LogP contribution in [0.1, 0.15) is 48.9 Å². The van der Waals surface area contributed by atoms with Gasteiger partial charge in [-0.1, -0.05) is 11.6 Å². The third kappa shape index (κ3) is 3.55. The number of carbonyl (C=O) groups is 1. The summed E-state index contributed by atoms with van der Waals surface area (Å²) in [6.07, 6.45) is 8.20. The fraction of sp³-hybridized carbons (Fsp3) is 0.625. The number of carbonyl (C=O) groups excluding carboxylic acids is 1. The van der Waals surface area contributed by atoms with Gasteiger partial charge in [-0.05, 0) is 51.6 Å². The normalized spacial score (nSPS) is 25.6. The Morgan fingerprint density at radius 3 is 2.48 bits per heavy atom. The van der Waals surface area contributed by atoms with Gasteiger partial charge in [-0.2, -0.15) is 0 Å². The van der Waals surface area contributed by atoms with Crippen molar-refractivity contribution in [2.75, 3.05) is 12.4 Å². The second kappa shape index (κ2) is 6.32. The van der Waals surface area contributed by atoms with Gasteiger partial charge in [0, 0.05) is 29.9 Å². The Morgan fingerprint density at radius 2 is 1.86 bits per heavy atom. The SMILES string of the molecule is CNC1CCC(Nc2cc(Cl)ncc2C(=O)C2CC2)CC1. The molecule has 0 atom stereocenters. The van der Waals surface area contributed by atoms with Gasteiger partial charge >= 0.3 is 0 Å². The van der Waals surface area contributed by atoms with Crippen LogP contribution in [0.25, 0.3) is 0 Å². The lowest BCUT2D eigenvalue weighted by Crippen LogP contribution is -2.35. The predicted octanol–water partition coefficient (Wildman–Crippen LogP) is 3.27. The number of hydrogen-bond acceptors (Lipinski definition) is 4. The van der Waals surface area contributed by atoms with E-state index < -0.39 is 0 Å². The molecule has 0 aromatic carbocycles. The molecule has 4 nitrogen and oxygen atoms in total. The van der Waals surface area contributed by atoms with E-state index >= 15 is 0 Å². The van der Waals surface area contributed by atoms with Crippen LogP contribution in [0.5, 0.6) is 0 Å². The highest BCUT2D eigenvalue weighted by Gasteiger charge is 2.32. The zero-order chi connectivity index (χ0) is 14.8. The summed E-state index contributed by atoms with van der Waals surface area (Å²) in [4.78, 5) is 16.4. The summed E-state index contributed by atoms with van der Waals surface area (Å²) in [7, 11) is 2.02. The summed E-state index contributed by atoms with van der Waals surface area (Å²) in [5.41, 5.74) is 1.57. The molecule has 0 aliphatic heterocycles. The van der Waals surface area contributed by atoms with Gasteiger partial charge < -0.3 is 10.6 Å². The van der Waals surface area contributed by atoms with E-state index in [9.17, 15) is 4.79 Å². The van der Waals surface area contributed by atoms with Crippen molar-refractivity contribution >= 4 is 23.1 Å². The Hall–Kier alpha value is -1.13. The van der Waals surface area contributed by atoms with Crippen LogP contribution >= 0.6 is 11.6 Å². The van der Waals surface area contributed by atoms with Crippen molar-refractivity contribution in [2.45, 2.75) is 50.6 Å². The predicted molar refractivity (Wildman–Crippen MR) is 85.0 cm³/mol. The minimum Gasteiger partial charge on any atom is -0.382 e. The number of nitrogens with zero attached hydrogens (tertiary/aromatic N) is 1. The lowest BCUT2D eigenvalue weighted by atomic mass is 9.91. The monoisotopic (exact) mass is 307 g/mol. The van der Waals surface area contributed by atoms with E-state index in [2.05, 4.69) is 15.6 Å². The second-order valence-electron chi connectivity index (χ2n) is 6.17. The number of ketones is 1. The van der Waals surface area contributed by atoms with Crippen LogP contribution in [0.3, 0.4) is 0 Å². The average molecular weight is 308 g/mol. The highest BCUT2D eigenvalue weighted by molar-refractivity contribution is 6.29. The third-order valence-corrected chi connectivity index (χ3v) is 4.79. The molecule has 1 heterocycles. The van der Waals surface area contributed by atoms with Crippen molar-refractivity contribution in [1.82, 2.24) is 10.3 Å². The van der Waals surface area contributed by atoms with Crippen LogP contribution in [0.4, 0.5) is 5.69 Å². The molecule has 0 saturated heterocycles. The van der Waals surface area contributed by atoms with E-state index in [-0.39, 0.29) is 11.7 Å². The quantitative estimate of drug-likeness (QED) is 0.647. The Bertz CT molecular complexity index is 522. The molecule has 21 heavy (non-hydrogen) atoms. The molecule has 0 radical (unpaired) electrons. The number of halogens is 1. The maximum absolute atomic E-state index is 12.3. The van der Waals surface area contributed by atoms with Crippen molar-refractivity contribution in [1.29, 1.82) is 0 Å². The van der Waals surface area contributed by atoms with Crippen LogP contribution < -0.4 is 10.6 Å². The van der Waals surface area contributed by atoms with E-state index in [1.54, 1.807) is 12.3 Å². The zero-order valence-electron chi connectivity index (χ0n) is 12.4. The molecule has 5 heteroatoms. The molecular formula is C16H22ClN3O. The minimum absolute atomic E-state index is 0.202. The van der Waals surface area contributed by atoms with Crippen LogP contribution in [0.15, 0.2) is 12.3 Å². The second-order valence-corrected chi connectivity index (χ2v) is 6.56. The van der Waals surface area contributed by atoms with Crippen molar-refractivity contribution in [3.05, 3.63) is 23.0 Å². The number of pyridine rings is 1. The Morgan fingerprint density at radius 1 is 1.19 bits per heavy atom. The maximum atomic E-state index is 12.3. The van der Waals surface area contributed by atoms with Crippen LogP contribution in [0, 0.1) is 5.92 Å². The molecule has 0 unspecified atom stereocenters. The summed E-state index contributed by atoms with van der Waals surface area (Å²) in [5.74, 6) is 0.416. The molecule has 1 aromatic heterocycles. The van der Waals surface area contributed by atoms with E-state index in [1.807, 2.05) is 7.05 Å². The first kappa shape index (κ1) is 14.8. The number of nitrogens with one attached hydrogen (secondary N) is 2. The van der Waals surface area contributed by atoms with Crippen LogP contribution in [0.2, 0.25) is 5.15 Å².